The van der Waals surface area contributed by atoms with E-state index in [2.05, 4.69) is 5.32 Å². The highest BCUT2D eigenvalue weighted by atomic mass is 35.5. The minimum absolute atomic E-state index is 0.0252. The number of carbonyl (C=O) groups is 1. The zero-order valence-electron chi connectivity index (χ0n) is 16.1. The van der Waals surface area contributed by atoms with Crippen molar-refractivity contribution in [1.29, 1.82) is 0 Å². The fourth-order valence-corrected chi connectivity index (χ4v) is 3.48. The Morgan fingerprint density at radius 1 is 0.897 bits per heavy atom. The summed E-state index contributed by atoms with van der Waals surface area (Å²) in [5.41, 5.74) is 2.26. The van der Waals surface area contributed by atoms with Crippen LogP contribution in [0, 0.1) is 0 Å². The molecule has 3 aromatic rings. The second kappa shape index (κ2) is 10.3. The normalized spacial score (nSPS) is 12.8. The number of hydrogen-bond acceptors (Lipinski definition) is 2. The summed E-state index contributed by atoms with van der Waals surface area (Å²) in [6.07, 6.45) is 0.764. The van der Waals surface area contributed by atoms with E-state index in [9.17, 15) is 4.79 Å². The highest BCUT2D eigenvalue weighted by Gasteiger charge is 2.22. The minimum Gasteiger partial charge on any atom is -0.484 e. The van der Waals surface area contributed by atoms with Gasteiger partial charge in [0.1, 0.15) is 5.75 Å². The van der Waals surface area contributed by atoms with Crippen LogP contribution in [0.3, 0.4) is 0 Å². The van der Waals surface area contributed by atoms with Crippen LogP contribution in [0.25, 0.3) is 0 Å². The van der Waals surface area contributed by atoms with Crippen LogP contribution in [0.2, 0.25) is 10.0 Å². The Kier molecular flexibility index (Phi) is 7.56. The van der Waals surface area contributed by atoms with Gasteiger partial charge in [-0.1, -0.05) is 65.7 Å². The lowest BCUT2D eigenvalue weighted by Gasteiger charge is -2.26. The Bertz CT molecular complexity index is 912. The van der Waals surface area contributed by atoms with Gasteiger partial charge in [0.2, 0.25) is 0 Å². The molecule has 0 saturated carbocycles. The molecule has 0 heterocycles. The molecule has 0 aliphatic heterocycles. The van der Waals surface area contributed by atoms with E-state index >= 15 is 0 Å². The standard InChI is InChI=1S/C24H23Cl2NO2/c1-17(27-24(28)16-29-22-5-3-2-4-6-22)23(19-9-13-21(26)14-10-19)15-18-7-11-20(25)12-8-18/h2-14,17,23H,15-16H2,1H3,(H,27,28). The van der Waals surface area contributed by atoms with Crippen LogP contribution in [-0.2, 0) is 11.2 Å². The summed E-state index contributed by atoms with van der Waals surface area (Å²) >= 11 is 12.1. The van der Waals surface area contributed by atoms with Gasteiger partial charge in [0.25, 0.3) is 5.91 Å². The number of para-hydroxylation sites is 1. The first-order valence-electron chi connectivity index (χ1n) is 9.48. The van der Waals surface area contributed by atoms with Crippen molar-refractivity contribution in [3.05, 3.63) is 100 Å². The van der Waals surface area contributed by atoms with Crippen LogP contribution >= 0.6 is 23.2 Å². The van der Waals surface area contributed by atoms with Gasteiger partial charge in [0, 0.05) is 22.0 Å². The van der Waals surface area contributed by atoms with Crippen molar-refractivity contribution in [2.24, 2.45) is 0 Å². The third-order valence-corrected chi connectivity index (χ3v) is 5.28. The van der Waals surface area contributed by atoms with Gasteiger partial charge in [-0.2, -0.15) is 0 Å². The third-order valence-electron chi connectivity index (χ3n) is 4.77. The summed E-state index contributed by atoms with van der Waals surface area (Å²) in [7, 11) is 0. The van der Waals surface area contributed by atoms with E-state index in [0.717, 1.165) is 17.5 Å². The maximum absolute atomic E-state index is 12.4. The molecule has 0 saturated heterocycles. The topological polar surface area (TPSA) is 38.3 Å². The minimum atomic E-state index is -0.156. The van der Waals surface area contributed by atoms with Gasteiger partial charge in [-0.3, -0.25) is 4.79 Å². The average Bonchev–Trinajstić information content (AvgIpc) is 2.73. The van der Waals surface area contributed by atoms with Crippen LogP contribution in [0.15, 0.2) is 78.9 Å². The van der Waals surface area contributed by atoms with Gasteiger partial charge in [-0.15, -0.1) is 0 Å². The molecular weight excluding hydrogens is 405 g/mol. The Morgan fingerprint density at radius 2 is 1.48 bits per heavy atom. The molecule has 0 fully saturated rings. The van der Waals surface area contributed by atoms with E-state index in [4.69, 9.17) is 27.9 Å². The molecule has 0 aromatic heterocycles. The molecule has 1 amide bonds. The SMILES string of the molecule is CC(NC(=O)COc1ccccc1)C(Cc1ccc(Cl)cc1)c1ccc(Cl)cc1. The van der Waals surface area contributed by atoms with Gasteiger partial charge >= 0.3 is 0 Å². The predicted molar refractivity (Wildman–Crippen MR) is 119 cm³/mol. The third kappa shape index (κ3) is 6.52. The number of hydrogen-bond donors (Lipinski definition) is 1. The van der Waals surface area contributed by atoms with E-state index in [1.54, 1.807) is 0 Å². The molecule has 150 valence electrons. The molecule has 0 aliphatic rings. The molecule has 1 N–H and O–H groups in total. The highest BCUT2D eigenvalue weighted by molar-refractivity contribution is 6.30. The molecule has 3 rings (SSSR count). The smallest absolute Gasteiger partial charge is 0.258 e. The van der Waals surface area contributed by atoms with Crippen molar-refractivity contribution >= 4 is 29.1 Å². The summed E-state index contributed by atoms with van der Waals surface area (Å²) in [6.45, 7) is 1.98. The molecule has 2 unspecified atom stereocenters. The number of benzene rings is 3. The molecule has 5 heteroatoms. The van der Waals surface area contributed by atoms with Crippen LogP contribution in [-0.4, -0.2) is 18.6 Å². The maximum atomic E-state index is 12.4. The number of halogens is 2. The van der Waals surface area contributed by atoms with Gasteiger partial charge in [-0.25, -0.2) is 0 Å². The molecule has 0 radical (unpaired) electrons. The largest absolute Gasteiger partial charge is 0.484 e. The molecule has 0 spiro atoms. The summed E-state index contributed by atoms with van der Waals surface area (Å²) < 4.78 is 5.56. The lowest BCUT2D eigenvalue weighted by atomic mass is 9.86. The average molecular weight is 428 g/mol. The summed E-state index contributed by atoms with van der Waals surface area (Å²) in [5.74, 6) is 0.594. The van der Waals surface area contributed by atoms with Crippen molar-refractivity contribution in [2.45, 2.75) is 25.3 Å². The molecule has 0 aliphatic carbocycles. The summed E-state index contributed by atoms with van der Waals surface area (Å²) in [6, 6.07) is 24.8. The molecule has 3 nitrogen and oxygen atoms in total. The number of rotatable bonds is 8. The van der Waals surface area contributed by atoms with Crippen molar-refractivity contribution < 1.29 is 9.53 Å². The number of nitrogens with one attached hydrogen (secondary N) is 1. The summed E-state index contributed by atoms with van der Waals surface area (Å²) in [5, 5.41) is 4.46. The highest BCUT2D eigenvalue weighted by Crippen LogP contribution is 2.26. The lowest BCUT2D eigenvalue weighted by Crippen LogP contribution is -2.40. The van der Waals surface area contributed by atoms with Crippen molar-refractivity contribution in [3.8, 4) is 5.75 Å². The van der Waals surface area contributed by atoms with Gasteiger partial charge in [-0.05, 0) is 60.9 Å². The zero-order valence-corrected chi connectivity index (χ0v) is 17.7. The Hall–Kier alpha value is -2.49. The molecule has 29 heavy (non-hydrogen) atoms. The van der Waals surface area contributed by atoms with Gasteiger partial charge in [0.15, 0.2) is 6.61 Å². The Balaban J connectivity index is 1.69. The second-order valence-corrected chi connectivity index (χ2v) is 7.82. The second-order valence-electron chi connectivity index (χ2n) is 6.95. The Morgan fingerprint density at radius 3 is 2.10 bits per heavy atom. The first-order chi connectivity index (χ1) is 14.0. The molecule has 0 bridgehead atoms. The Labute approximate surface area is 181 Å². The van der Waals surface area contributed by atoms with E-state index in [1.807, 2.05) is 85.8 Å². The van der Waals surface area contributed by atoms with E-state index in [1.165, 1.54) is 0 Å². The van der Waals surface area contributed by atoms with Crippen LogP contribution in [0.5, 0.6) is 5.75 Å². The van der Waals surface area contributed by atoms with Crippen LogP contribution < -0.4 is 10.1 Å². The number of carbonyl (C=O) groups excluding carboxylic acids is 1. The monoisotopic (exact) mass is 427 g/mol. The maximum Gasteiger partial charge on any atom is 0.258 e. The van der Waals surface area contributed by atoms with E-state index < -0.39 is 0 Å². The van der Waals surface area contributed by atoms with Crippen molar-refractivity contribution in [3.63, 3.8) is 0 Å². The molecule has 2 atom stereocenters. The first kappa shape index (κ1) is 21.2. The van der Waals surface area contributed by atoms with Crippen molar-refractivity contribution in [1.82, 2.24) is 5.32 Å². The quantitative estimate of drug-likeness (QED) is 0.485. The van der Waals surface area contributed by atoms with E-state index in [-0.39, 0.29) is 24.5 Å². The lowest BCUT2D eigenvalue weighted by molar-refractivity contribution is -0.123. The fourth-order valence-electron chi connectivity index (χ4n) is 3.23. The van der Waals surface area contributed by atoms with Gasteiger partial charge in [0.05, 0.1) is 0 Å². The fraction of sp³-hybridized carbons (Fsp3) is 0.208. The molecule has 3 aromatic carbocycles. The number of ether oxygens (including phenoxy) is 1. The van der Waals surface area contributed by atoms with E-state index in [0.29, 0.717) is 15.8 Å². The first-order valence-corrected chi connectivity index (χ1v) is 10.2. The van der Waals surface area contributed by atoms with Crippen molar-refractivity contribution in [2.75, 3.05) is 6.61 Å². The van der Waals surface area contributed by atoms with Gasteiger partial charge < -0.3 is 10.1 Å². The molecular formula is C24H23Cl2NO2. The number of amides is 1. The van der Waals surface area contributed by atoms with Crippen LogP contribution in [0.1, 0.15) is 24.0 Å². The zero-order chi connectivity index (χ0) is 20.6. The van der Waals surface area contributed by atoms with Crippen LogP contribution in [0.4, 0.5) is 0 Å². The summed E-state index contributed by atoms with van der Waals surface area (Å²) in [4.78, 5) is 12.4. The predicted octanol–water partition coefficient (Wildman–Crippen LogP) is 5.90.